The molecule has 1 aliphatic heterocycles. The van der Waals surface area contributed by atoms with Crippen molar-refractivity contribution in [2.75, 3.05) is 13.1 Å². The van der Waals surface area contributed by atoms with E-state index in [9.17, 15) is 18.0 Å². The molecule has 0 aromatic carbocycles. The van der Waals surface area contributed by atoms with Gasteiger partial charge in [-0.1, -0.05) is 31.1 Å². The number of aromatic nitrogens is 3. The largest absolute Gasteiger partial charge is 0.417 e. The van der Waals surface area contributed by atoms with E-state index in [0.29, 0.717) is 37.3 Å². The molecule has 31 heavy (non-hydrogen) atoms. The number of fused-ring (bicyclic) bond motifs is 1. The summed E-state index contributed by atoms with van der Waals surface area (Å²) in [5.41, 5.74) is -0.245. The van der Waals surface area contributed by atoms with Crippen molar-refractivity contribution in [1.82, 2.24) is 20.2 Å². The molecule has 1 aliphatic rings. The maximum atomic E-state index is 13.9. The van der Waals surface area contributed by atoms with Crippen LogP contribution in [0.25, 0.3) is 11.1 Å². The first-order valence-electron chi connectivity index (χ1n) is 10.3. The summed E-state index contributed by atoms with van der Waals surface area (Å²) < 4.78 is 51.9. The number of amides is 1. The molecule has 1 amide bonds. The number of hydrogen-bond donors (Lipinski definition) is 0. The number of alkyl halides is 3. The van der Waals surface area contributed by atoms with Crippen molar-refractivity contribution < 1.29 is 27.0 Å². The van der Waals surface area contributed by atoms with Gasteiger partial charge in [-0.25, -0.2) is 4.98 Å². The lowest BCUT2D eigenvalue weighted by atomic mass is 9.91. The van der Waals surface area contributed by atoms with Gasteiger partial charge >= 0.3 is 6.18 Å². The maximum absolute atomic E-state index is 13.9. The average Bonchev–Trinajstić information content (AvgIpc) is 3.39. The van der Waals surface area contributed by atoms with E-state index in [2.05, 4.69) is 15.3 Å². The number of halogens is 3. The number of piperidine rings is 1. The first kappa shape index (κ1) is 21.3. The first-order valence-corrected chi connectivity index (χ1v) is 10.3. The molecular weight excluding hydrogens is 413 g/mol. The smallest absolute Gasteiger partial charge is 0.361 e. The van der Waals surface area contributed by atoms with Crippen molar-refractivity contribution in [3.05, 3.63) is 40.5 Å². The van der Waals surface area contributed by atoms with Gasteiger partial charge in [0.25, 0.3) is 11.6 Å². The van der Waals surface area contributed by atoms with Crippen LogP contribution in [0.1, 0.15) is 78.6 Å². The van der Waals surface area contributed by atoms with Crippen molar-refractivity contribution >= 4 is 17.0 Å². The van der Waals surface area contributed by atoms with Gasteiger partial charge in [0.1, 0.15) is 5.76 Å². The van der Waals surface area contributed by atoms with E-state index < -0.39 is 17.7 Å². The summed E-state index contributed by atoms with van der Waals surface area (Å²) in [4.78, 5) is 18.6. The second kappa shape index (κ2) is 7.97. The standard InChI is InChI=1S/C21H23F3N4O3/c1-4-13-8-16(26-30-13)20(29)28-7-5-6-12(10-28)18-17-14(21(22,23)24)9-15(11(2)3)25-19(17)31-27-18/h8-9,11-12H,4-7,10H2,1-3H3. The average molecular weight is 436 g/mol. The Balaban J connectivity index is 1.69. The van der Waals surface area contributed by atoms with Crippen LogP contribution in [0.4, 0.5) is 13.2 Å². The van der Waals surface area contributed by atoms with Gasteiger partial charge in [0.05, 0.1) is 16.6 Å². The number of rotatable bonds is 4. The zero-order valence-corrected chi connectivity index (χ0v) is 17.5. The van der Waals surface area contributed by atoms with E-state index in [4.69, 9.17) is 9.05 Å². The van der Waals surface area contributed by atoms with Crippen molar-refractivity contribution in [3.63, 3.8) is 0 Å². The molecule has 3 aromatic rings. The van der Waals surface area contributed by atoms with Crippen molar-refractivity contribution in [2.45, 2.75) is 58.0 Å². The van der Waals surface area contributed by atoms with Crippen LogP contribution >= 0.6 is 0 Å². The fourth-order valence-corrected chi connectivity index (χ4v) is 3.92. The molecule has 4 rings (SSSR count). The molecule has 3 aromatic heterocycles. The molecule has 1 fully saturated rings. The predicted molar refractivity (Wildman–Crippen MR) is 105 cm³/mol. The van der Waals surface area contributed by atoms with Gasteiger partial charge in [0.15, 0.2) is 5.69 Å². The van der Waals surface area contributed by atoms with Crippen LogP contribution in [0.15, 0.2) is 21.2 Å². The monoisotopic (exact) mass is 436 g/mol. The molecule has 0 N–H and O–H groups in total. The Kier molecular flexibility index (Phi) is 5.49. The highest BCUT2D eigenvalue weighted by molar-refractivity contribution is 5.92. The van der Waals surface area contributed by atoms with Crippen molar-refractivity contribution in [1.29, 1.82) is 0 Å². The third kappa shape index (κ3) is 4.03. The lowest BCUT2D eigenvalue weighted by molar-refractivity contribution is -0.136. The summed E-state index contributed by atoms with van der Waals surface area (Å²) in [5, 5.41) is 7.66. The molecule has 0 spiro atoms. The van der Waals surface area contributed by atoms with Crippen LogP contribution in [0.2, 0.25) is 0 Å². The molecule has 0 aliphatic carbocycles. The number of aryl methyl sites for hydroxylation is 1. The van der Waals surface area contributed by atoms with Gasteiger partial charge in [0.2, 0.25) is 0 Å². The summed E-state index contributed by atoms with van der Waals surface area (Å²) in [6.07, 6.45) is -2.75. The van der Waals surface area contributed by atoms with E-state index in [1.807, 2.05) is 6.92 Å². The molecule has 0 radical (unpaired) electrons. The number of hydrogen-bond acceptors (Lipinski definition) is 6. The molecule has 4 heterocycles. The summed E-state index contributed by atoms with van der Waals surface area (Å²) in [6, 6.07) is 2.66. The SMILES string of the molecule is CCc1cc(C(=O)N2CCCC(c3noc4nc(C(C)C)cc(C(F)(F)F)c34)C2)no1. The topological polar surface area (TPSA) is 85.3 Å². The van der Waals surface area contributed by atoms with Gasteiger partial charge in [-0.3, -0.25) is 4.79 Å². The molecule has 1 atom stereocenters. The number of likely N-dealkylation sites (tertiary alicyclic amines) is 1. The van der Waals surface area contributed by atoms with Crippen LogP contribution < -0.4 is 0 Å². The van der Waals surface area contributed by atoms with Crippen LogP contribution in [0.5, 0.6) is 0 Å². The summed E-state index contributed by atoms with van der Waals surface area (Å²) in [5.74, 6) is -0.305. The van der Waals surface area contributed by atoms with E-state index >= 15 is 0 Å². The van der Waals surface area contributed by atoms with Gasteiger partial charge in [-0.05, 0) is 24.8 Å². The number of pyridine rings is 1. The Morgan fingerprint density at radius 1 is 1.26 bits per heavy atom. The van der Waals surface area contributed by atoms with Crippen LogP contribution in [-0.2, 0) is 12.6 Å². The van der Waals surface area contributed by atoms with Gasteiger partial charge in [-0.2, -0.15) is 13.2 Å². The first-order chi connectivity index (χ1) is 14.7. The third-order valence-corrected chi connectivity index (χ3v) is 5.61. The zero-order chi connectivity index (χ0) is 22.3. The Hall–Kier alpha value is -2.91. The Morgan fingerprint density at radius 3 is 2.68 bits per heavy atom. The summed E-state index contributed by atoms with van der Waals surface area (Å²) in [7, 11) is 0. The molecular formula is C21H23F3N4O3. The lowest BCUT2D eigenvalue weighted by Crippen LogP contribution is -2.39. The Bertz CT molecular complexity index is 1100. The molecule has 1 unspecified atom stereocenters. The van der Waals surface area contributed by atoms with E-state index in [-0.39, 0.29) is 40.9 Å². The Morgan fingerprint density at radius 2 is 2.03 bits per heavy atom. The van der Waals surface area contributed by atoms with E-state index in [0.717, 1.165) is 6.07 Å². The lowest BCUT2D eigenvalue weighted by Gasteiger charge is -2.31. The highest BCUT2D eigenvalue weighted by Gasteiger charge is 2.38. The Labute approximate surface area is 176 Å². The molecule has 7 nitrogen and oxygen atoms in total. The second-order valence-electron chi connectivity index (χ2n) is 8.12. The molecule has 166 valence electrons. The van der Waals surface area contributed by atoms with E-state index in [1.165, 1.54) is 0 Å². The van der Waals surface area contributed by atoms with Gasteiger partial charge in [-0.15, -0.1) is 0 Å². The van der Waals surface area contributed by atoms with Crippen LogP contribution in [0.3, 0.4) is 0 Å². The molecule has 1 saturated heterocycles. The minimum absolute atomic E-state index is 0.120. The van der Waals surface area contributed by atoms with Gasteiger partial charge < -0.3 is 13.9 Å². The number of carbonyl (C=O) groups is 1. The number of nitrogens with zero attached hydrogens (tertiary/aromatic N) is 4. The van der Waals surface area contributed by atoms with E-state index in [1.54, 1.807) is 24.8 Å². The highest BCUT2D eigenvalue weighted by Crippen LogP contribution is 2.40. The molecule has 0 saturated carbocycles. The summed E-state index contributed by atoms with van der Waals surface area (Å²) >= 11 is 0. The van der Waals surface area contributed by atoms with Gasteiger partial charge in [0, 0.05) is 37.2 Å². The van der Waals surface area contributed by atoms with Crippen molar-refractivity contribution in [2.24, 2.45) is 0 Å². The van der Waals surface area contributed by atoms with Crippen LogP contribution in [0, 0.1) is 0 Å². The zero-order valence-electron chi connectivity index (χ0n) is 17.5. The predicted octanol–water partition coefficient (Wildman–Crippen LogP) is 4.94. The quantitative estimate of drug-likeness (QED) is 0.576. The minimum Gasteiger partial charge on any atom is -0.361 e. The third-order valence-electron chi connectivity index (χ3n) is 5.61. The molecule has 0 bridgehead atoms. The maximum Gasteiger partial charge on any atom is 0.417 e. The summed E-state index contributed by atoms with van der Waals surface area (Å²) in [6.45, 7) is 6.13. The van der Waals surface area contributed by atoms with Crippen LogP contribution in [-0.4, -0.2) is 39.2 Å². The number of carbonyl (C=O) groups excluding carboxylic acids is 1. The highest BCUT2D eigenvalue weighted by atomic mass is 19.4. The van der Waals surface area contributed by atoms with Crippen molar-refractivity contribution in [3.8, 4) is 0 Å². The normalized spacial score (nSPS) is 17.6. The fraction of sp³-hybridized carbons (Fsp3) is 0.524. The minimum atomic E-state index is -4.58. The molecule has 10 heteroatoms. The fourth-order valence-electron chi connectivity index (χ4n) is 3.92. The second-order valence-corrected chi connectivity index (χ2v) is 8.12.